The smallest absolute Gasteiger partial charge is 0.193 e. The van der Waals surface area contributed by atoms with Crippen LogP contribution in [0.1, 0.15) is 25.7 Å². The molecule has 2 rings (SSSR count). The Kier molecular flexibility index (Phi) is 9.11. The van der Waals surface area contributed by atoms with E-state index in [1.165, 1.54) is 31.4 Å². The predicted molar refractivity (Wildman–Crippen MR) is 104 cm³/mol. The zero-order valence-electron chi connectivity index (χ0n) is 15.3. The summed E-state index contributed by atoms with van der Waals surface area (Å²) in [4.78, 5) is 7.70. The van der Waals surface area contributed by atoms with Gasteiger partial charge in [-0.1, -0.05) is 0 Å². The second-order valence-electron chi connectivity index (χ2n) is 6.40. The number of hydrogen-bond donors (Lipinski definition) is 1. The molecule has 25 heavy (non-hydrogen) atoms. The Morgan fingerprint density at radius 3 is 2.72 bits per heavy atom. The second-order valence-corrected chi connectivity index (χ2v) is 7.56. The van der Waals surface area contributed by atoms with E-state index in [0.717, 1.165) is 55.2 Å². The molecule has 0 atom stereocenters. The minimum atomic E-state index is -0.182. The molecule has 1 saturated heterocycles. The Morgan fingerprint density at radius 2 is 2.04 bits per heavy atom. The molecule has 0 radical (unpaired) electrons. The minimum absolute atomic E-state index is 0.182. The summed E-state index contributed by atoms with van der Waals surface area (Å²) >= 11 is 1.75. The number of guanidine groups is 1. The van der Waals surface area contributed by atoms with Gasteiger partial charge in [-0.05, 0) is 61.6 Å². The average molecular weight is 368 g/mol. The van der Waals surface area contributed by atoms with E-state index in [-0.39, 0.29) is 5.82 Å². The summed E-state index contributed by atoms with van der Waals surface area (Å²) in [6, 6.07) is 6.68. The van der Waals surface area contributed by atoms with Crippen molar-refractivity contribution in [2.75, 3.05) is 46.2 Å². The molecule has 1 aromatic carbocycles. The highest BCUT2D eigenvalue weighted by Crippen LogP contribution is 2.19. The lowest BCUT2D eigenvalue weighted by atomic mass is 9.96. The first kappa shape index (κ1) is 20.0. The molecule has 1 heterocycles. The molecule has 0 bridgehead atoms. The third-order valence-electron chi connectivity index (χ3n) is 4.47. The number of nitrogens with zero attached hydrogens (tertiary/aromatic N) is 2. The van der Waals surface area contributed by atoms with Crippen molar-refractivity contribution in [3.63, 3.8) is 0 Å². The highest BCUT2D eigenvalue weighted by atomic mass is 32.2. The average Bonchev–Trinajstić information content (AvgIpc) is 2.65. The van der Waals surface area contributed by atoms with Gasteiger partial charge in [-0.25, -0.2) is 4.39 Å². The zero-order chi connectivity index (χ0) is 17.9. The van der Waals surface area contributed by atoms with Crippen molar-refractivity contribution in [3.05, 3.63) is 30.1 Å². The molecule has 140 valence electrons. The molecule has 1 N–H and O–H groups in total. The molecule has 1 aliphatic rings. The molecular formula is C19H30FN3OS. The van der Waals surface area contributed by atoms with Crippen molar-refractivity contribution in [2.45, 2.75) is 30.6 Å². The number of hydrogen-bond acceptors (Lipinski definition) is 3. The molecule has 0 saturated carbocycles. The first-order chi connectivity index (χ1) is 12.2. The lowest BCUT2D eigenvalue weighted by Crippen LogP contribution is -2.40. The summed E-state index contributed by atoms with van der Waals surface area (Å²) < 4.78 is 18.3. The van der Waals surface area contributed by atoms with Crippen LogP contribution in [-0.2, 0) is 4.74 Å². The molecule has 1 fully saturated rings. The van der Waals surface area contributed by atoms with Crippen molar-refractivity contribution in [1.29, 1.82) is 0 Å². The van der Waals surface area contributed by atoms with Gasteiger partial charge in [-0.2, -0.15) is 0 Å². The van der Waals surface area contributed by atoms with Crippen LogP contribution in [0.5, 0.6) is 0 Å². The maximum atomic E-state index is 12.9. The Morgan fingerprint density at radius 1 is 1.32 bits per heavy atom. The van der Waals surface area contributed by atoms with Crippen LogP contribution in [0.4, 0.5) is 4.39 Å². The van der Waals surface area contributed by atoms with E-state index in [0.29, 0.717) is 0 Å². The van der Waals surface area contributed by atoms with Gasteiger partial charge in [0.2, 0.25) is 0 Å². The Balaban J connectivity index is 1.59. The molecule has 0 aromatic heterocycles. The first-order valence-electron chi connectivity index (χ1n) is 9.07. The number of rotatable bonds is 8. The summed E-state index contributed by atoms with van der Waals surface area (Å²) in [5, 5.41) is 3.43. The fourth-order valence-corrected chi connectivity index (χ4v) is 3.75. The SMILES string of the molecule is CN=C(NCCCSc1ccc(F)cc1)N(C)CCC1CCOCC1. The van der Waals surface area contributed by atoms with Gasteiger partial charge in [0, 0.05) is 45.3 Å². The Bertz CT molecular complexity index is 518. The molecule has 0 spiro atoms. The normalized spacial score (nSPS) is 16.0. The van der Waals surface area contributed by atoms with E-state index in [1.807, 2.05) is 19.2 Å². The predicted octanol–water partition coefficient (Wildman–Crippen LogP) is 3.63. The number of ether oxygens (including phenoxy) is 1. The lowest BCUT2D eigenvalue weighted by Gasteiger charge is -2.26. The summed E-state index contributed by atoms with van der Waals surface area (Å²) in [5.74, 6) is 2.56. The van der Waals surface area contributed by atoms with Gasteiger partial charge in [-0.3, -0.25) is 4.99 Å². The zero-order valence-corrected chi connectivity index (χ0v) is 16.2. The van der Waals surface area contributed by atoms with Gasteiger partial charge in [0.15, 0.2) is 5.96 Å². The molecule has 6 heteroatoms. The van der Waals surface area contributed by atoms with E-state index in [9.17, 15) is 4.39 Å². The largest absolute Gasteiger partial charge is 0.381 e. The van der Waals surface area contributed by atoms with Crippen LogP contribution in [0, 0.1) is 11.7 Å². The maximum absolute atomic E-state index is 12.9. The number of nitrogens with one attached hydrogen (secondary N) is 1. The van der Waals surface area contributed by atoms with Crippen molar-refractivity contribution in [1.82, 2.24) is 10.2 Å². The van der Waals surface area contributed by atoms with Crippen LogP contribution in [0.2, 0.25) is 0 Å². The van der Waals surface area contributed by atoms with Crippen LogP contribution < -0.4 is 5.32 Å². The molecule has 0 unspecified atom stereocenters. The monoisotopic (exact) mass is 367 g/mol. The van der Waals surface area contributed by atoms with E-state index in [4.69, 9.17) is 4.74 Å². The number of thioether (sulfide) groups is 1. The Hall–Kier alpha value is -1.27. The summed E-state index contributed by atoms with van der Waals surface area (Å²) in [6.45, 7) is 3.73. The third-order valence-corrected chi connectivity index (χ3v) is 5.57. The van der Waals surface area contributed by atoms with Crippen LogP contribution in [-0.4, -0.2) is 57.0 Å². The summed E-state index contributed by atoms with van der Waals surface area (Å²) in [7, 11) is 3.93. The van der Waals surface area contributed by atoms with Crippen LogP contribution >= 0.6 is 11.8 Å². The number of aliphatic imine (C=N–C) groups is 1. The van der Waals surface area contributed by atoms with Gasteiger partial charge in [0.05, 0.1) is 0 Å². The highest BCUT2D eigenvalue weighted by Gasteiger charge is 2.15. The van der Waals surface area contributed by atoms with Crippen LogP contribution in [0.3, 0.4) is 0 Å². The van der Waals surface area contributed by atoms with E-state index in [2.05, 4.69) is 22.3 Å². The van der Waals surface area contributed by atoms with Crippen LogP contribution in [0.15, 0.2) is 34.2 Å². The fourth-order valence-electron chi connectivity index (χ4n) is 2.90. The minimum Gasteiger partial charge on any atom is -0.381 e. The van der Waals surface area contributed by atoms with Crippen molar-refractivity contribution in [3.8, 4) is 0 Å². The maximum Gasteiger partial charge on any atom is 0.193 e. The summed E-state index contributed by atoms with van der Waals surface area (Å²) in [5.41, 5.74) is 0. The highest BCUT2D eigenvalue weighted by molar-refractivity contribution is 7.99. The van der Waals surface area contributed by atoms with Crippen molar-refractivity contribution in [2.24, 2.45) is 10.9 Å². The van der Waals surface area contributed by atoms with Gasteiger partial charge in [0.1, 0.15) is 5.82 Å². The number of halogens is 1. The molecule has 0 aliphatic carbocycles. The van der Waals surface area contributed by atoms with Crippen LogP contribution in [0.25, 0.3) is 0 Å². The first-order valence-corrected chi connectivity index (χ1v) is 10.1. The van der Waals surface area contributed by atoms with Crippen molar-refractivity contribution >= 4 is 17.7 Å². The Labute approximate surface area is 155 Å². The second kappa shape index (κ2) is 11.4. The quantitative estimate of drug-likeness (QED) is 0.329. The van der Waals surface area contributed by atoms with E-state index < -0.39 is 0 Å². The third kappa shape index (κ3) is 7.65. The molecule has 0 amide bonds. The van der Waals surface area contributed by atoms with Gasteiger partial charge >= 0.3 is 0 Å². The standard InChI is InChI=1S/C19H30FN3OS/c1-21-19(23(2)12-8-16-9-13-24-14-10-16)22-11-3-15-25-18-6-4-17(20)5-7-18/h4-7,16H,3,8-15H2,1-2H3,(H,21,22). The summed E-state index contributed by atoms with van der Waals surface area (Å²) in [6.07, 6.45) is 4.59. The number of benzene rings is 1. The van der Waals surface area contributed by atoms with E-state index in [1.54, 1.807) is 11.8 Å². The van der Waals surface area contributed by atoms with Crippen molar-refractivity contribution < 1.29 is 9.13 Å². The molecule has 1 aliphatic heterocycles. The van der Waals surface area contributed by atoms with Gasteiger partial charge in [0.25, 0.3) is 0 Å². The molecular weight excluding hydrogens is 337 g/mol. The fraction of sp³-hybridized carbons (Fsp3) is 0.632. The molecule has 1 aromatic rings. The topological polar surface area (TPSA) is 36.9 Å². The van der Waals surface area contributed by atoms with Gasteiger partial charge < -0.3 is 15.0 Å². The lowest BCUT2D eigenvalue weighted by molar-refractivity contribution is 0.0625. The van der Waals surface area contributed by atoms with Gasteiger partial charge in [-0.15, -0.1) is 11.8 Å². The van der Waals surface area contributed by atoms with E-state index >= 15 is 0 Å². The molecule has 4 nitrogen and oxygen atoms in total.